The molecule has 9 nitrogen and oxygen atoms in total. The summed E-state index contributed by atoms with van der Waals surface area (Å²) in [6, 6.07) is 17.9. The highest BCUT2D eigenvalue weighted by Gasteiger charge is 2.12. The molecule has 0 unspecified atom stereocenters. The highest BCUT2D eigenvalue weighted by Crippen LogP contribution is 2.27. The summed E-state index contributed by atoms with van der Waals surface area (Å²) in [4.78, 5) is 14.4. The Labute approximate surface area is 205 Å². The van der Waals surface area contributed by atoms with E-state index in [0.717, 1.165) is 4.47 Å². The number of nitrogens with zero attached hydrogens (tertiary/aromatic N) is 1. The Morgan fingerprint density at radius 2 is 1.68 bits per heavy atom. The molecule has 0 radical (unpaired) electrons. The molecule has 0 saturated heterocycles. The third-order valence-electron chi connectivity index (χ3n) is 4.43. The van der Waals surface area contributed by atoms with Crippen molar-refractivity contribution in [1.82, 2.24) is 4.83 Å². The monoisotopic (exact) mass is 547 g/mol. The van der Waals surface area contributed by atoms with Crippen LogP contribution in [-0.2, 0) is 14.8 Å². The first-order chi connectivity index (χ1) is 16.3. The summed E-state index contributed by atoms with van der Waals surface area (Å²) in [5.41, 5.74) is 1.17. The summed E-state index contributed by atoms with van der Waals surface area (Å²) in [5.74, 6) is 1.04. The summed E-state index contributed by atoms with van der Waals surface area (Å²) in [7, 11) is -0.776. The Balaban J connectivity index is 1.58. The van der Waals surface area contributed by atoms with Crippen LogP contribution in [0.2, 0.25) is 0 Å². The number of carbonyl (C=O) groups excluding carboxylic acids is 1. The van der Waals surface area contributed by atoms with Gasteiger partial charge in [0.05, 0.1) is 25.3 Å². The van der Waals surface area contributed by atoms with Crippen molar-refractivity contribution in [3.63, 3.8) is 0 Å². The van der Waals surface area contributed by atoms with Crippen LogP contribution in [0.25, 0.3) is 0 Å². The molecule has 0 fully saturated rings. The Morgan fingerprint density at radius 3 is 2.32 bits per heavy atom. The molecule has 11 heteroatoms. The minimum absolute atomic E-state index is 0.0853. The average Bonchev–Trinajstić information content (AvgIpc) is 2.83. The maximum absolute atomic E-state index is 12.3. The number of hydrazone groups is 1. The zero-order chi connectivity index (χ0) is 24.6. The molecule has 0 spiro atoms. The van der Waals surface area contributed by atoms with Crippen LogP contribution in [0.3, 0.4) is 0 Å². The van der Waals surface area contributed by atoms with Gasteiger partial charge in [-0.05, 0) is 72.3 Å². The zero-order valence-electron chi connectivity index (χ0n) is 18.3. The van der Waals surface area contributed by atoms with Gasteiger partial charge in [-0.25, -0.2) is 4.83 Å². The van der Waals surface area contributed by atoms with E-state index < -0.39 is 10.0 Å². The highest BCUT2D eigenvalue weighted by molar-refractivity contribution is 9.10. The first-order valence-corrected chi connectivity index (χ1v) is 12.1. The lowest BCUT2D eigenvalue weighted by atomic mass is 10.2. The van der Waals surface area contributed by atoms with E-state index in [1.807, 2.05) is 0 Å². The van der Waals surface area contributed by atoms with Crippen molar-refractivity contribution in [3.8, 4) is 17.2 Å². The Hall–Kier alpha value is -3.57. The van der Waals surface area contributed by atoms with Gasteiger partial charge in [0.2, 0.25) is 0 Å². The van der Waals surface area contributed by atoms with Gasteiger partial charge in [0.1, 0.15) is 5.75 Å². The molecule has 0 atom stereocenters. The van der Waals surface area contributed by atoms with E-state index in [1.165, 1.54) is 25.5 Å². The van der Waals surface area contributed by atoms with Crippen molar-refractivity contribution in [3.05, 3.63) is 76.8 Å². The maximum Gasteiger partial charge on any atom is 0.276 e. The van der Waals surface area contributed by atoms with E-state index >= 15 is 0 Å². The first-order valence-electron chi connectivity index (χ1n) is 9.86. The van der Waals surface area contributed by atoms with Crippen LogP contribution in [0.15, 0.2) is 81.2 Å². The molecule has 0 aliphatic rings. The fraction of sp³-hybridized carbons (Fsp3) is 0.130. The molecule has 0 aliphatic carbocycles. The van der Waals surface area contributed by atoms with Crippen LogP contribution >= 0.6 is 15.9 Å². The molecule has 0 bridgehead atoms. The second-order valence-electron chi connectivity index (χ2n) is 6.78. The molecule has 34 heavy (non-hydrogen) atoms. The Kier molecular flexibility index (Phi) is 8.50. The molecule has 0 heterocycles. The summed E-state index contributed by atoms with van der Waals surface area (Å²) < 4.78 is 41.3. The van der Waals surface area contributed by atoms with Gasteiger partial charge in [0, 0.05) is 10.2 Å². The lowest BCUT2D eigenvalue weighted by Gasteiger charge is -2.11. The van der Waals surface area contributed by atoms with Crippen molar-refractivity contribution in [2.75, 3.05) is 26.1 Å². The number of nitrogens with one attached hydrogen (secondary N) is 2. The molecular weight excluding hydrogens is 526 g/mol. The van der Waals surface area contributed by atoms with Crippen LogP contribution in [0.1, 0.15) is 5.56 Å². The van der Waals surface area contributed by atoms with Crippen LogP contribution in [0.4, 0.5) is 5.69 Å². The second kappa shape index (κ2) is 11.5. The summed E-state index contributed by atoms with van der Waals surface area (Å²) in [5, 5.41) is 6.53. The predicted molar refractivity (Wildman–Crippen MR) is 132 cm³/mol. The molecule has 3 aromatic carbocycles. The van der Waals surface area contributed by atoms with Gasteiger partial charge in [0.25, 0.3) is 15.9 Å². The van der Waals surface area contributed by atoms with Crippen molar-refractivity contribution in [2.45, 2.75) is 4.90 Å². The molecule has 0 aliphatic heterocycles. The summed E-state index contributed by atoms with van der Waals surface area (Å²) >= 11 is 3.26. The zero-order valence-corrected chi connectivity index (χ0v) is 20.7. The smallest absolute Gasteiger partial charge is 0.276 e. The van der Waals surface area contributed by atoms with E-state index in [9.17, 15) is 13.2 Å². The van der Waals surface area contributed by atoms with Gasteiger partial charge in [0.15, 0.2) is 18.1 Å². The van der Waals surface area contributed by atoms with E-state index in [0.29, 0.717) is 28.5 Å². The number of hydrogen-bond donors (Lipinski definition) is 2. The number of ether oxygens (including phenoxy) is 3. The lowest BCUT2D eigenvalue weighted by molar-refractivity contribution is -0.118. The number of carbonyl (C=O) groups is 1. The molecule has 2 N–H and O–H groups in total. The standard InChI is InChI=1S/C23H22BrN3O6S/c1-31-19-8-6-18(7-9-19)26-23(28)15-33-21-12-3-16(13-22(21)32-2)14-25-27-34(29,30)20-10-4-17(24)5-11-20/h3-14,27H,15H2,1-2H3,(H,26,28)/b25-14-. The first kappa shape index (κ1) is 25.1. The molecule has 1 amide bonds. The fourth-order valence-corrected chi connectivity index (χ4v) is 3.79. The van der Waals surface area contributed by atoms with Crippen molar-refractivity contribution >= 4 is 43.8 Å². The van der Waals surface area contributed by atoms with Gasteiger partial charge in [-0.15, -0.1) is 0 Å². The number of sulfonamides is 1. The molecule has 3 rings (SSSR count). The van der Waals surface area contributed by atoms with Gasteiger partial charge in [-0.2, -0.15) is 13.5 Å². The van der Waals surface area contributed by atoms with E-state index in [4.69, 9.17) is 14.2 Å². The van der Waals surface area contributed by atoms with Gasteiger partial charge in [-0.1, -0.05) is 15.9 Å². The number of amides is 1. The van der Waals surface area contributed by atoms with Crippen molar-refractivity contribution in [1.29, 1.82) is 0 Å². The number of benzene rings is 3. The second-order valence-corrected chi connectivity index (χ2v) is 9.36. The number of halogens is 1. The molecule has 0 saturated carbocycles. The van der Waals surface area contributed by atoms with Crippen LogP contribution < -0.4 is 24.4 Å². The van der Waals surface area contributed by atoms with Crippen LogP contribution in [0.5, 0.6) is 17.2 Å². The Bertz CT molecular complexity index is 1260. The SMILES string of the molecule is COc1ccc(NC(=O)COc2ccc(/C=N\NS(=O)(=O)c3ccc(Br)cc3)cc2OC)cc1. The summed E-state index contributed by atoms with van der Waals surface area (Å²) in [6.45, 7) is -0.233. The van der Waals surface area contributed by atoms with E-state index in [1.54, 1.807) is 61.7 Å². The Morgan fingerprint density at radius 1 is 0.971 bits per heavy atom. The number of rotatable bonds is 10. The quantitative estimate of drug-likeness (QED) is 0.294. The van der Waals surface area contributed by atoms with Crippen molar-refractivity contribution < 1.29 is 27.4 Å². The third-order valence-corrected chi connectivity index (χ3v) is 6.20. The number of hydrogen-bond acceptors (Lipinski definition) is 7. The minimum atomic E-state index is -3.80. The maximum atomic E-state index is 12.3. The van der Waals surface area contributed by atoms with E-state index in [-0.39, 0.29) is 17.4 Å². The molecule has 3 aromatic rings. The largest absolute Gasteiger partial charge is 0.497 e. The fourth-order valence-electron chi connectivity index (χ4n) is 2.74. The van der Waals surface area contributed by atoms with Crippen LogP contribution in [0, 0.1) is 0 Å². The normalized spacial score (nSPS) is 11.1. The number of methoxy groups -OCH3 is 2. The van der Waals surface area contributed by atoms with Gasteiger partial charge < -0.3 is 19.5 Å². The molecular formula is C23H22BrN3O6S. The van der Waals surface area contributed by atoms with Gasteiger partial charge >= 0.3 is 0 Å². The molecule has 0 aromatic heterocycles. The van der Waals surface area contributed by atoms with Gasteiger partial charge in [-0.3, -0.25) is 4.79 Å². The number of anilines is 1. The summed E-state index contributed by atoms with van der Waals surface area (Å²) in [6.07, 6.45) is 1.33. The van der Waals surface area contributed by atoms with Crippen molar-refractivity contribution in [2.24, 2.45) is 5.10 Å². The molecule has 178 valence electrons. The lowest BCUT2D eigenvalue weighted by Crippen LogP contribution is -2.20. The van der Waals surface area contributed by atoms with Crippen LogP contribution in [-0.4, -0.2) is 41.4 Å². The minimum Gasteiger partial charge on any atom is -0.497 e. The highest BCUT2D eigenvalue weighted by atomic mass is 79.9. The third kappa shape index (κ3) is 6.96. The topological polar surface area (TPSA) is 115 Å². The average molecular weight is 548 g/mol. The predicted octanol–water partition coefficient (Wildman–Crippen LogP) is 3.80. The van der Waals surface area contributed by atoms with E-state index in [2.05, 4.69) is 31.2 Å².